The van der Waals surface area contributed by atoms with Crippen molar-refractivity contribution in [3.8, 4) is 6.07 Å². The van der Waals surface area contributed by atoms with E-state index in [-0.39, 0.29) is 0 Å². The van der Waals surface area contributed by atoms with Gasteiger partial charge in [0.2, 0.25) is 0 Å². The minimum atomic E-state index is 0.678. The number of morpholine rings is 1. The maximum Gasteiger partial charge on any atom is 0.0991 e. The molecule has 0 bridgehead atoms. The molecule has 1 atom stereocenters. The van der Waals surface area contributed by atoms with Crippen LogP contribution in [-0.2, 0) is 11.3 Å². The fourth-order valence-electron chi connectivity index (χ4n) is 3.73. The molecule has 0 aromatic heterocycles. The van der Waals surface area contributed by atoms with Crippen LogP contribution in [0.2, 0.25) is 0 Å². The Balaban J connectivity index is 1.56. The summed E-state index contributed by atoms with van der Waals surface area (Å²) in [6.07, 6.45) is 5.20. The van der Waals surface area contributed by atoms with Gasteiger partial charge in [-0.05, 0) is 50.0 Å². The molecule has 3 rings (SSSR count). The quantitative estimate of drug-likeness (QED) is 0.838. The molecule has 124 valence electrons. The van der Waals surface area contributed by atoms with Gasteiger partial charge in [-0.1, -0.05) is 18.6 Å². The molecule has 1 aromatic rings. The Kier molecular flexibility index (Phi) is 6.04. The summed E-state index contributed by atoms with van der Waals surface area (Å²) in [5.41, 5.74) is 2.03. The lowest BCUT2D eigenvalue weighted by Gasteiger charge is -2.37. The van der Waals surface area contributed by atoms with Crippen LogP contribution in [0.4, 0.5) is 0 Å². The highest BCUT2D eigenvalue weighted by molar-refractivity contribution is 5.32. The van der Waals surface area contributed by atoms with Gasteiger partial charge in [0.15, 0.2) is 0 Å². The first-order chi connectivity index (χ1) is 11.3. The number of likely N-dealkylation sites (tertiary alicyclic amines) is 1. The lowest BCUT2D eigenvalue weighted by molar-refractivity contribution is 0.0302. The van der Waals surface area contributed by atoms with Gasteiger partial charge < -0.3 is 4.74 Å². The van der Waals surface area contributed by atoms with Crippen LogP contribution in [-0.4, -0.2) is 55.2 Å². The van der Waals surface area contributed by atoms with Crippen molar-refractivity contribution in [3.63, 3.8) is 0 Å². The molecule has 2 aliphatic rings. The number of piperidine rings is 1. The van der Waals surface area contributed by atoms with E-state index >= 15 is 0 Å². The van der Waals surface area contributed by atoms with E-state index < -0.39 is 0 Å². The fraction of sp³-hybridized carbons (Fsp3) is 0.632. The van der Waals surface area contributed by atoms with Crippen molar-refractivity contribution in [2.75, 3.05) is 39.4 Å². The number of ether oxygens (including phenoxy) is 1. The van der Waals surface area contributed by atoms with E-state index in [4.69, 9.17) is 10.00 Å². The van der Waals surface area contributed by atoms with Gasteiger partial charge in [0, 0.05) is 25.7 Å². The molecule has 0 amide bonds. The lowest BCUT2D eigenvalue weighted by atomic mass is 9.98. The Morgan fingerprint density at radius 3 is 2.87 bits per heavy atom. The Hall–Kier alpha value is -1.41. The van der Waals surface area contributed by atoms with Crippen LogP contribution in [0.25, 0.3) is 0 Å². The molecule has 0 spiro atoms. The molecule has 0 saturated carbocycles. The topological polar surface area (TPSA) is 39.5 Å². The Morgan fingerprint density at radius 2 is 2.04 bits per heavy atom. The largest absolute Gasteiger partial charge is 0.379 e. The van der Waals surface area contributed by atoms with Gasteiger partial charge >= 0.3 is 0 Å². The summed E-state index contributed by atoms with van der Waals surface area (Å²) in [4.78, 5) is 5.16. The minimum Gasteiger partial charge on any atom is -0.379 e. The summed E-state index contributed by atoms with van der Waals surface area (Å²) in [6, 6.07) is 11.0. The number of benzene rings is 1. The highest BCUT2D eigenvalue weighted by atomic mass is 16.5. The highest BCUT2D eigenvalue weighted by Crippen LogP contribution is 2.22. The van der Waals surface area contributed by atoms with Crippen LogP contribution >= 0.6 is 0 Å². The maximum absolute atomic E-state index is 9.07. The molecular formula is C19H27N3O. The predicted octanol–water partition coefficient (Wildman–Crippen LogP) is 2.64. The molecular weight excluding hydrogens is 286 g/mol. The number of hydrogen-bond acceptors (Lipinski definition) is 4. The molecule has 4 heteroatoms. The van der Waals surface area contributed by atoms with Crippen LogP contribution in [0.5, 0.6) is 0 Å². The molecule has 23 heavy (non-hydrogen) atoms. The van der Waals surface area contributed by atoms with Gasteiger partial charge in [0.25, 0.3) is 0 Å². The molecule has 1 aromatic carbocycles. The number of nitrogens with zero attached hydrogens (tertiary/aromatic N) is 3. The molecule has 0 aliphatic carbocycles. The van der Waals surface area contributed by atoms with Crippen molar-refractivity contribution in [1.82, 2.24) is 9.80 Å². The fourth-order valence-corrected chi connectivity index (χ4v) is 3.73. The molecule has 2 fully saturated rings. The second-order valence-corrected chi connectivity index (χ2v) is 6.67. The minimum absolute atomic E-state index is 0.678. The zero-order valence-corrected chi connectivity index (χ0v) is 13.9. The summed E-state index contributed by atoms with van der Waals surface area (Å²) in [5.74, 6) is 0. The van der Waals surface area contributed by atoms with Gasteiger partial charge in [-0.3, -0.25) is 9.80 Å². The van der Waals surface area contributed by atoms with Crippen LogP contribution < -0.4 is 0 Å². The Labute approximate surface area is 139 Å². The first-order valence-corrected chi connectivity index (χ1v) is 8.88. The highest BCUT2D eigenvalue weighted by Gasteiger charge is 2.23. The average molecular weight is 313 g/mol. The average Bonchev–Trinajstić information content (AvgIpc) is 2.62. The van der Waals surface area contributed by atoms with Crippen LogP contribution in [0.1, 0.15) is 36.8 Å². The summed E-state index contributed by atoms with van der Waals surface area (Å²) in [6.45, 7) is 7.27. The molecule has 2 aliphatic heterocycles. The zero-order valence-electron chi connectivity index (χ0n) is 13.9. The van der Waals surface area contributed by atoms with E-state index in [1.54, 1.807) is 0 Å². The zero-order chi connectivity index (χ0) is 15.9. The van der Waals surface area contributed by atoms with Gasteiger partial charge in [-0.25, -0.2) is 0 Å². The van der Waals surface area contributed by atoms with Crippen LogP contribution in [0, 0.1) is 11.3 Å². The third-order valence-electron chi connectivity index (χ3n) is 5.07. The summed E-state index contributed by atoms with van der Waals surface area (Å²) < 4.78 is 5.44. The Bertz CT molecular complexity index is 534. The van der Waals surface area contributed by atoms with Gasteiger partial charge in [0.1, 0.15) is 0 Å². The normalized spacial score (nSPS) is 23.5. The van der Waals surface area contributed by atoms with Crippen molar-refractivity contribution < 1.29 is 4.74 Å². The molecule has 2 saturated heterocycles. The van der Waals surface area contributed by atoms with Crippen LogP contribution in [0.3, 0.4) is 0 Å². The van der Waals surface area contributed by atoms with Crippen LogP contribution in [0.15, 0.2) is 24.3 Å². The standard InChI is InChI=1S/C19H27N3O/c20-15-17-4-3-5-18(14-17)16-22-8-2-1-6-19(22)7-9-21-10-12-23-13-11-21/h3-5,14,19H,1-2,6-13,16H2/t19-/m1/s1. The number of nitriles is 1. The molecule has 0 unspecified atom stereocenters. The van der Waals surface area contributed by atoms with Gasteiger partial charge in [0.05, 0.1) is 24.8 Å². The van der Waals surface area contributed by atoms with E-state index in [2.05, 4.69) is 21.9 Å². The third kappa shape index (κ3) is 4.78. The first-order valence-electron chi connectivity index (χ1n) is 8.88. The van der Waals surface area contributed by atoms with Crippen molar-refractivity contribution >= 4 is 0 Å². The first kappa shape index (κ1) is 16.4. The SMILES string of the molecule is N#Cc1cccc(CN2CCCC[C@@H]2CCN2CCOCC2)c1. The van der Waals surface area contributed by atoms with E-state index in [9.17, 15) is 0 Å². The number of rotatable bonds is 5. The van der Waals surface area contributed by atoms with Crippen molar-refractivity contribution in [2.45, 2.75) is 38.3 Å². The maximum atomic E-state index is 9.07. The van der Waals surface area contributed by atoms with E-state index in [1.165, 1.54) is 44.3 Å². The smallest absolute Gasteiger partial charge is 0.0991 e. The summed E-state index contributed by atoms with van der Waals surface area (Å²) in [5, 5.41) is 9.07. The Morgan fingerprint density at radius 1 is 1.17 bits per heavy atom. The lowest BCUT2D eigenvalue weighted by Crippen LogP contribution is -2.43. The van der Waals surface area contributed by atoms with Crippen molar-refractivity contribution in [1.29, 1.82) is 5.26 Å². The number of hydrogen-bond donors (Lipinski definition) is 0. The third-order valence-corrected chi connectivity index (χ3v) is 5.07. The molecule has 0 radical (unpaired) electrons. The summed E-state index contributed by atoms with van der Waals surface area (Å²) >= 11 is 0. The summed E-state index contributed by atoms with van der Waals surface area (Å²) in [7, 11) is 0. The predicted molar refractivity (Wildman–Crippen MR) is 91.1 cm³/mol. The van der Waals surface area contributed by atoms with Gasteiger partial charge in [-0.2, -0.15) is 5.26 Å². The van der Waals surface area contributed by atoms with E-state index in [0.717, 1.165) is 38.4 Å². The second-order valence-electron chi connectivity index (χ2n) is 6.67. The van der Waals surface area contributed by atoms with Gasteiger partial charge in [-0.15, -0.1) is 0 Å². The molecule has 0 N–H and O–H groups in total. The van der Waals surface area contributed by atoms with Crippen molar-refractivity contribution in [3.05, 3.63) is 35.4 Å². The second kappa shape index (κ2) is 8.44. The molecule has 2 heterocycles. The monoisotopic (exact) mass is 313 g/mol. The van der Waals surface area contributed by atoms with E-state index in [0.29, 0.717) is 6.04 Å². The van der Waals surface area contributed by atoms with E-state index in [1.807, 2.05) is 18.2 Å². The molecule has 4 nitrogen and oxygen atoms in total. The van der Waals surface area contributed by atoms with Crippen molar-refractivity contribution in [2.24, 2.45) is 0 Å².